The van der Waals surface area contributed by atoms with Crippen LogP contribution in [0.15, 0.2) is 30.5 Å². The zero-order chi connectivity index (χ0) is 14.5. The number of ether oxygens (including phenoxy) is 1. The summed E-state index contributed by atoms with van der Waals surface area (Å²) in [7, 11) is 0. The number of nitrogens with zero attached hydrogens (tertiary/aromatic N) is 1. The summed E-state index contributed by atoms with van der Waals surface area (Å²) in [5, 5.41) is 3.27. The van der Waals surface area contributed by atoms with Crippen LogP contribution in [-0.2, 0) is 9.53 Å². The van der Waals surface area contributed by atoms with Crippen molar-refractivity contribution in [1.82, 2.24) is 4.98 Å². The van der Waals surface area contributed by atoms with Crippen molar-refractivity contribution < 1.29 is 14.3 Å². The molecule has 0 spiro atoms. The molecule has 0 aliphatic heterocycles. The van der Waals surface area contributed by atoms with Crippen molar-refractivity contribution in [3.8, 4) is 0 Å². The van der Waals surface area contributed by atoms with Crippen LogP contribution < -0.4 is 5.32 Å². The van der Waals surface area contributed by atoms with Gasteiger partial charge in [0.2, 0.25) is 0 Å². The molecule has 0 saturated carbocycles. The molecule has 20 heavy (non-hydrogen) atoms. The third kappa shape index (κ3) is 3.44. The Kier molecular flexibility index (Phi) is 4.50. The summed E-state index contributed by atoms with van der Waals surface area (Å²) in [5.74, 6) is -0.422. The van der Waals surface area contributed by atoms with Crippen LogP contribution in [0.2, 0.25) is 0 Å². The fourth-order valence-corrected chi connectivity index (χ4v) is 2.13. The minimum atomic E-state index is -0.183. The fraction of sp³-hybridized carbons (Fsp3) is 0.400. The molecule has 0 amide bonds. The topological polar surface area (TPSA) is 68.3 Å². The highest BCUT2D eigenvalue weighted by molar-refractivity contribution is 5.92. The predicted octanol–water partition coefficient (Wildman–Crippen LogP) is 2.20. The van der Waals surface area contributed by atoms with Crippen molar-refractivity contribution >= 4 is 17.4 Å². The van der Waals surface area contributed by atoms with Crippen molar-refractivity contribution in [2.45, 2.75) is 26.3 Å². The Morgan fingerprint density at radius 2 is 2.20 bits per heavy atom. The Hall–Kier alpha value is -2.17. The Balaban J connectivity index is 1.91. The van der Waals surface area contributed by atoms with Gasteiger partial charge in [-0.1, -0.05) is 12.2 Å². The number of ketones is 1. The number of anilines is 1. The Bertz CT molecular complexity index is 522. The van der Waals surface area contributed by atoms with Crippen LogP contribution in [0.25, 0.3) is 0 Å². The molecule has 0 bridgehead atoms. The lowest BCUT2D eigenvalue weighted by molar-refractivity contribution is -0.146. The van der Waals surface area contributed by atoms with Crippen LogP contribution in [0.3, 0.4) is 0 Å². The first-order valence-corrected chi connectivity index (χ1v) is 6.68. The van der Waals surface area contributed by atoms with Crippen LogP contribution in [0.5, 0.6) is 0 Å². The number of nitrogens with one attached hydrogen (secondary N) is 1. The van der Waals surface area contributed by atoms with E-state index in [0.717, 1.165) is 5.69 Å². The molecular formula is C15H18N2O3. The minimum Gasteiger partial charge on any atom is -0.466 e. The third-order valence-electron chi connectivity index (χ3n) is 3.15. The van der Waals surface area contributed by atoms with E-state index in [1.165, 1.54) is 6.92 Å². The van der Waals surface area contributed by atoms with Crippen molar-refractivity contribution in [2.24, 2.45) is 5.92 Å². The van der Waals surface area contributed by atoms with Crippen molar-refractivity contribution in [3.63, 3.8) is 0 Å². The lowest BCUT2D eigenvalue weighted by Crippen LogP contribution is -2.20. The van der Waals surface area contributed by atoms with Gasteiger partial charge >= 0.3 is 5.97 Å². The lowest BCUT2D eigenvalue weighted by Gasteiger charge is -2.14. The van der Waals surface area contributed by atoms with Crippen molar-refractivity contribution in [3.05, 3.63) is 36.2 Å². The van der Waals surface area contributed by atoms with Gasteiger partial charge in [0.25, 0.3) is 0 Å². The van der Waals surface area contributed by atoms with Gasteiger partial charge in [0, 0.05) is 13.0 Å². The first kappa shape index (κ1) is 14.2. The van der Waals surface area contributed by atoms with E-state index >= 15 is 0 Å². The van der Waals surface area contributed by atoms with Gasteiger partial charge in [-0.25, -0.2) is 0 Å². The van der Waals surface area contributed by atoms with Gasteiger partial charge in [0.05, 0.1) is 24.4 Å². The van der Waals surface area contributed by atoms with Gasteiger partial charge in [0.15, 0.2) is 5.78 Å². The van der Waals surface area contributed by atoms with Crippen molar-refractivity contribution in [2.75, 3.05) is 11.9 Å². The molecule has 0 aromatic carbocycles. The molecule has 5 heteroatoms. The largest absolute Gasteiger partial charge is 0.466 e. The number of carbonyl (C=O) groups excluding carboxylic acids is 2. The molecule has 0 radical (unpaired) electrons. The highest BCUT2D eigenvalue weighted by atomic mass is 16.5. The summed E-state index contributed by atoms with van der Waals surface area (Å²) in [4.78, 5) is 26.8. The minimum absolute atomic E-state index is 0.0558. The second kappa shape index (κ2) is 6.32. The zero-order valence-electron chi connectivity index (χ0n) is 11.6. The predicted molar refractivity (Wildman–Crippen MR) is 75.5 cm³/mol. The summed E-state index contributed by atoms with van der Waals surface area (Å²) in [6.07, 6.45) is 6.13. The van der Waals surface area contributed by atoms with Crippen molar-refractivity contribution in [1.29, 1.82) is 0 Å². The van der Waals surface area contributed by atoms with E-state index in [1.807, 2.05) is 18.2 Å². The first-order valence-electron chi connectivity index (χ1n) is 6.68. The zero-order valence-corrected chi connectivity index (χ0v) is 11.6. The van der Waals surface area contributed by atoms with Gasteiger partial charge in [-0.3, -0.25) is 14.6 Å². The fourth-order valence-electron chi connectivity index (χ4n) is 2.13. The average Bonchev–Trinajstić information content (AvgIpc) is 2.88. The molecule has 0 saturated heterocycles. The summed E-state index contributed by atoms with van der Waals surface area (Å²) in [6, 6.07) is 3.58. The SMILES string of the molecule is CCOC(=O)C1C=CC(Nc2ccc(C(C)=O)nc2)C1. The maximum Gasteiger partial charge on any atom is 0.312 e. The van der Waals surface area contributed by atoms with E-state index < -0.39 is 0 Å². The highest BCUT2D eigenvalue weighted by Crippen LogP contribution is 2.22. The molecule has 1 aromatic rings. The molecule has 106 valence electrons. The molecular weight excluding hydrogens is 256 g/mol. The maximum atomic E-state index is 11.6. The van der Waals surface area contributed by atoms with E-state index in [-0.39, 0.29) is 23.7 Å². The number of esters is 1. The highest BCUT2D eigenvalue weighted by Gasteiger charge is 2.25. The third-order valence-corrected chi connectivity index (χ3v) is 3.15. The molecule has 2 unspecified atom stereocenters. The molecule has 5 nitrogen and oxygen atoms in total. The quantitative estimate of drug-likeness (QED) is 0.506. The Morgan fingerprint density at radius 3 is 2.80 bits per heavy atom. The van der Waals surface area contributed by atoms with Crippen LogP contribution in [0.1, 0.15) is 30.8 Å². The van der Waals surface area contributed by atoms with Crippen LogP contribution >= 0.6 is 0 Å². The normalized spacial score (nSPS) is 20.7. The summed E-state index contributed by atoms with van der Waals surface area (Å²) < 4.78 is 5.00. The van der Waals surface area contributed by atoms with Crippen LogP contribution in [0.4, 0.5) is 5.69 Å². The second-order valence-electron chi connectivity index (χ2n) is 4.72. The number of pyridine rings is 1. The number of rotatable bonds is 5. The van der Waals surface area contributed by atoms with Gasteiger partial charge in [-0.2, -0.15) is 0 Å². The number of aromatic nitrogens is 1. The standard InChI is InChI=1S/C15H18N2O3/c1-3-20-15(19)11-4-5-12(8-11)17-13-6-7-14(10(2)18)16-9-13/h4-7,9,11-12,17H,3,8H2,1-2H3. The summed E-state index contributed by atoms with van der Waals surface area (Å²) >= 11 is 0. The van der Waals surface area contributed by atoms with E-state index in [0.29, 0.717) is 18.7 Å². The van der Waals surface area contributed by atoms with Crippen LogP contribution in [0, 0.1) is 5.92 Å². The number of Topliss-reactive ketones (excluding diaryl/α,β-unsaturated/α-hetero) is 1. The van der Waals surface area contributed by atoms with Crippen LogP contribution in [-0.4, -0.2) is 29.4 Å². The molecule has 2 atom stereocenters. The first-order chi connectivity index (χ1) is 9.60. The summed E-state index contributed by atoms with van der Waals surface area (Å²) in [5.41, 5.74) is 1.27. The van der Waals surface area contributed by atoms with E-state index in [4.69, 9.17) is 4.74 Å². The Morgan fingerprint density at radius 1 is 1.40 bits per heavy atom. The number of hydrogen-bond donors (Lipinski definition) is 1. The van der Waals surface area contributed by atoms with Gasteiger partial charge < -0.3 is 10.1 Å². The number of carbonyl (C=O) groups is 2. The van der Waals surface area contributed by atoms with E-state index in [2.05, 4.69) is 10.3 Å². The smallest absolute Gasteiger partial charge is 0.312 e. The maximum absolute atomic E-state index is 11.6. The molecule has 1 aliphatic rings. The van der Waals surface area contributed by atoms with Gasteiger partial charge in [-0.05, 0) is 25.5 Å². The monoisotopic (exact) mass is 274 g/mol. The lowest BCUT2D eigenvalue weighted by atomic mass is 10.1. The molecule has 1 aliphatic carbocycles. The van der Waals surface area contributed by atoms with Gasteiger partial charge in [-0.15, -0.1) is 0 Å². The Labute approximate surface area is 118 Å². The van der Waals surface area contributed by atoms with Gasteiger partial charge in [0.1, 0.15) is 5.69 Å². The molecule has 1 heterocycles. The average molecular weight is 274 g/mol. The molecule has 2 rings (SSSR count). The summed E-state index contributed by atoms with van der Waals surface area (Å²) in [6.45, 7) is 3.69. The molecule has 1 aromatic heterocycles. The molecule has 1 N–H and O–H groups in total. The van der Waals surface area contributed by atoms with E-state index in [9.17, 15) is 9.59 Å². The molecule has 0 fully saturated rings. The second-order valence-corrected chi connectivity index (χ2v) is 4.72. The number of hydrogen-bond acceptors (Lipinski definition) is 5. The van der Waals surface area contributed by atoms with E-state index in [1.54, 1.807) is 19.2 Å².